The van der Waals surface area contributed by atoms with Gasteiger partial charge in [0.05, 0.1) is 18.0 Å². The van der Waals surface area contributed by atoms with Crippen molar-refractivity contribution in [3.63, 3.8) is 0 Å². The summed E-state index contributed by atoms with van der Waals surface area (Å²) in [7, 11) is 0. The highest BCUT2D eigenvalue weighted by molar-refractivity contribution is 5.79. The predicted octanol–water partition coefficient (Wildman–Crippen LogP) is 1.78. The number of H-pyrrole nitrogens is 1. The number of halogens is 3. The zero-order valence-corrected chi connectivity index (χ0v) is 9.35. The molecule has 0 spiro atoms. The minimum atomic E-state index is -4.44. The number of aromatic nitrogens is 2. The molecular formula is C11H8F3N3O2. The maximum Gasteiger partial charge on any atom is 0.416 e. The van der Waals surface area contributed by atoms with Crippen LogP contribution in [0.15, 0.2) is 40.4 Å². The van der Waals surface area contributed by atoms with Crippen LogP contribution in [0.3, 0.4) is 0 Å². The second kappa shape index (κ2) is 4.63. The Morgan fingerprint density at radius 1 is 1.37 bits per heavy atom. The summed E-state index contributed by atoms with van der Waals surface area (Å²) in [6.45, 7) is 0. The first-order valence-corrected chi connectivity index (χ1v) is 5.08. The minimum absolute atomic E-state index is 0.183. The number of aromatic hydroxyl groups is 1. The third-order valence-corrected chi connectivity index (χ3v) is 2.23. The molecule has 0 atom stereocenters. The molecule has 0 aliphatic carbocycles. The van der Waals surface area contributed by atoms with E-state index in [1.807, 2.05) is 4.98 Å². The van der Waals surface area contributed by atoms with Crippen molar-refractivity contribution in [3.05, 3.63) is 52.1 Å². The molecule has 5 nitrogen and oxygen atoms in total. The molecule has 0 amide bonds. The van der Waals surface area contributed by atoms with Gasteiger partial charge in [-0.25, -0.2) is 4.79 Å². The van der Waals surface area contributed by atoms with E-state index in [1.165, 1.54) is 12.1 Å². The van der Waals surface area contributed by atoms with Crippen molar-refractivity contribution in [2.24, 2.45) is 5.10 Å². The van der Waals surface area contributed by atoms with Gasteiger partial charge in [-0.15, -0.1) is 0 Å². The lowest BCUT2D eigenvalue weighted by atomic mass is 10.1. The summed E-state index contributed by atoms with van der Waals surface area (Å²) in [5, 5.41) is 12.6. The van der Waals surface area contributed by atoms with Gasteiger partial charge in [0.25, 0.3) is 0 Å². The van der Waals surface area contributed by atoms with Gasteiger partial charge >= 0.3 is 11.9 Å². The van der Waals surface area contributed by atoms with E-state index < -0.39 is 17.4 Å². The van der Waals surface area contributed by atoms with Gasteiger partial charge in [-0.1, -0.05) is 12.1 Å². The molecule has 2 aromatic rings. The molecular weight excluding hydrogens is 263 g/mol. The van der Waals surface area contributed by atoms with Gasteiger partial charge in [-0.05, 0) is 17.7 Å². The Balaban J connectivity index is 2.29. The normalized spacial score (nSPS) is 12.2. The molecule has 0 bridgehead atoms. The maximum absolute atomic E-state index is 12.5. The van der Waals surface area contributed by atoms with Crippen LogP contribution in [-0.2, 0) is 6.18 Å². The van der Waals surface area contributed by atoms with E-state index in [4.69, 9.17) is 5.11 Å². The summed E-state index contributed by atoms with van der Waals surface area (Å²) in [6.07, 6.45) is -2.34. The quantitative estimate of drug-likeness (QED) is 0.817. The van der Waals surface area contributed by atoms with Gasteiger partial charge in [0.15, 0.2) is 0 Å². The van der Waals surface area contributed by atoms with E-state index in [0.717, 1.165) is 29.2 Å². The van der Waals surface area contributed by atoms with Crippen LogP contribution in [-0.4, -0.2) is 21.0 Å². The van der Waals surface area contributed by atoms with E-state index >= 15 is 0 Å². The van der Waals surface area contributed by atoms with Crippen LogP contribution < -0.4 is 5.69 Å². The average Bonchev–Trinajstić information content (AvgIpc) is 2.64. The van der Waals surface area contributed by atoms with Crippen LogP contribution in [0.1, 0.15) is 11.1 Å². The highest BCUT2D eigenvalue weighted by Crippen LogP contribution is 2.29. The molecule has 2 rings (SSSR count). The average molecular weight is 271 g/mol. The molecule has 0 radical (unpaired) electrons. The third-order valence-electron chi connectivity index (χ3n) is 2.23. The zero-order valence-electron chi connectivity index (χ0n) is 9.35. The Morgan fingerprint density at radius 3 is 2.68 bits per heavy atom. The van der Waals surface area contributed by atoms with E-state index in [9.17, 15) is 18.0 Å². The summed E-state index contributed by atoms with van der Waals surface area (Å²) in [4.78, 5) is 13.2. The Bertz CT molecular complexity index is 670. The Hall–Kier alpha value is -2.51. The molecule has 0 saturated carbocycles. The van der Waals surface area contributed by atoms with Crippen LogP contribution >= 0.6 is 0 Å². The van der Waals surface area contributed by atoms with Crippen LogP contribution in [0, 0.1) is 0 Å². The molecule has 2 N–H and O–H groups in total. The van der Waals surface area contributed by atoms with Gasteiger partial charge in [0.1, 0.15) is 0 Å². The summed E-state index contributed by atoms with van der Waals surface area (Å²) in [5.74, 6) is -0.383. The summed E-state index contributed by atoms with van der Waals surface area (Å²) in [5.41, 5.74) is -1.32. The number of alkyl halides is 3. The first-order chi connectivity index (χ1) is 8.86. The number of benzene rings is 1. The molecule has 19 heavy (non-hydrogen) atoms. The number of nitrogens with one attached hydrogen (secondary N) is 1. The van der Waals surface area contributed by atoms with Crippen LogP contribution in [0.2, 0.25) is 0 Å². The lowest BCUT2D eigenvalue weighted by Gasteiger charge is -2.06. The predicted molar refractivity (Wildman–Crippen MR) is 61.2 cm³/mol. The van der Waals surface area contributed by atoms with Gasteiger partial charge in [-0.2, -0.15) is 22.9 Å². The van der Waals surface area contributed by atoms with E-state index in [-0.39, 0.29) is 11.4 Å². The first-order valence-electron chi connectivity index (χ1n) is 5.08. The van der Waals surface area contributed by atoms with Crippen molar-refractivity contribution >= 4 is 6.21 Å². The van der Waals surface area contributed by atoms with Crippen molar-refractivity contribution in [1.82, 2.24) is 9.66 Å². The van der Waals surface area contributed by atoms with Crippen molar-refractivity contribution < 1.29 is 18.3 Å². The number of rotatable bonds is 2. The molecule has 0 aliphatic heterocycles. The highest BCUT2D eigenvalue weighted by Gasteiger charge is 2.30. The second-order valence-electron chi connectivity index (χ2n) is 3.66. The fourth-order valence-corrected chi connectivity index (χ4v) is 1.38. The standard InChI is InChI=1S/C11H8F3N3O2/c12-11(13,14)8-3-1-2-7(4-8)5-15-17-6-9(18)16-10(17)19/h1-6,18H,(H,16,19). The smallest absolute Gasteiger partial charge is 0.416 e. The highest BCUT2D eigenvalue weighted by atomic mass is 19.4. The number of aromatic amines is 1. The molecule has 1 aromatic heterocycles. The van der Waals surface area contributed by atoms with Crippen molar-refractivity contribution in [1.29, 1.82) is 0 Å². The molecule has 0 unspecified atom stereocenters. The zero-order chi connectivity index (χ0) is 14.0. The molecule has 1 aromatic carbocycles. The first kappa shape index (κ1) is 12.9. The summed E-state index contributed by atoms with van der Waals surface area (Å²) >= 11 is 0. The topological polar surface area (TPSA) is 70.4 Å². The van der Waals surface area contributed by atoms with E-state index in [1.54, 1.807) is 0 Å². The number of nitrogens with zero attached hydrogens (tertiary/aromatic N) is 2. The fourth-order valence-electron chi connectivity index (χ4n) is 1.38. The third kappa shape index (κ3) is 3.03. The Labute approximate surface area is 104 Å². The van der Waals surface area contributed by atoms with Crippen LogP contribution in [0.25, 0.3) is 0 Å². The van der Waals surface area contributed by atoms with Gasteiger partial charge in [-0.3, -0.25) is 4.98 Å². The Kier molecular flexibility index (Phi) is 3.16. The number of hydrogen-bond donors (Lipinski definition) is 2. The number of imidazole rings is 1. The number of hydrogen-bond acceptors (Lipinski definition) is 3. The lowest BCUT2D eigenvalue weighted by molar-refractivity contribution is -0.137. The molecule has 0 saturated heterocycles. The summed E-state index contributed by atoms with van der Waals surface area (Å²) < 4.78 is 38.2. The second-order valence-corrected chi connectivity index (χ2v) is 3.66. The Morgan fingerprint density at radius 2 is 2.11 bits per heavy atom. The maximum atomic E-state index is 12.5. The van der Waals surface area contributed by atoms with E-state index in [2.05, 4.69) is 5.10 Å². The van der Waals surface area contributed by atoms with Crippen LogP contribution in [0.5, 0.6) is 5.88 Å². The minimum Gasteiger partial charge on any atom is -0.493 e. The van der Waals surface area contributed by atoms with Crippen LogP contribution in [0.4, 0.5) is 13.2 Å². The molecule has 0 fully saturated rings. The molecule has 0 aliphatic rings. The van der Waals surface area contributed by atoms with Gasteiger partial charge in [0, 0.05) is 0 Å². The lowest BCUT2D eigenvalue weighted by Crippen LogP contribution is -2.12. The van der Waals surface area contributed by atoms with Crippen molar-refractivity contribution in [2.75, 3.05) is 0 Å². The monoisotopic (exact) mass is 271 g/mol. The SMILES string of the molecule is O=c1[nH]c(O)cn1N=Cc1cccc(C(F)(F)F)c1. The fraction of sp³-hybridized carbons (Fsp3) is 0.0909. The van der Waals surface area contributed by atoms with Gasteiger partial charge in [0.2, 0.25) is 5.88 Å². The molecule has 1 heterocycles. The van der Waals surface area contributed by atoms with E-state index in [0.29, 0.717) is 0 Å². The summed E-state index contributed by atoms with van der Waals surface area (Å²) in [6, 6.07) is 4.49. The van der Waals surface area contributed by atoms with Crippen molar-refractivity contribution in [2.45, 2.75) is 6.18 Å². The van der Waals surface area contributed by atoms with Crippen molar-refractivity contribution in [3.8, 4) is 5.88 Å². The largest absolute Gasteiger partial charge is 0.493 e. The molecule has 100 valence electrons. The van der Waals surface area contributed by atoms with Gasteiger partial charge < -0.3 is 5.11 Å². The molecule has 8 heteroatoms.